The van der Waals surface area contributed by atoms with E-state index in [-0.39, 0.29) is 17.3 Å². The molecule has 0 spiro atoms. The number of benzene rings is 4. The van der Waals surface area contributed by atoms with Gasteiger partial charge in [0, 0.05) is 23.2 Å². The molecule has 0 aromatic heterocycles. The summed E-state index contributed by atoms with van der Waals surface area (Å²) in [6, 6.07) is 6.64. The number of rotatable bonds is 10. The summed E-state index contributed by atoms with van der Waals surface area (Å²) in [6.07, 6.45) is 0. The molecule has 20 nitrogen and oxygen atoms in total. The van der Waals surface area contributed by atoms with Crippen LogP contribution in [0.25, 0.3) is 10.8 Å². The lowest BCUT2D eigenvalue weighted by atomic mass is 10.1. The Morgan fingerprint density at radius 1 is 0.673 bits per heavy atom. The van der Waals surface area contributed by atoms with Gasteiger partial charge in [0.25, 0.3) is 62.1 Å². The molecule has 0 bridgehead atoms. The van der Waals surface area contributed by atoms with E-state index >= 15 is 0 Å². The van der Waals surface area contributed by atoms with Gasteiger partial charge in [0.2, 0.25) is 0 Å². The number of carbonyl (C=O) groups is 1. The summed E-state index contributed by atoms with van der Waals surface area (Å²) >= 11 is 0. The molecule has 49 heavy (non-hydrogen) atoms. The zero-order valence-corrected chi connectivity index (χ0v) is 27.9. The molecule has 4 rings (SSSR count). The Bertz CT molecular complexity index is 2670. The molecular weight excluding hydrogens is 763 g/mol. The summed E-state index contributed by atoms with van der Waals surface area (Å²) in [4.78, 5) is 17.6. The molecule has 0 aliphatic rings. The van der Waals surface area contributed by atoms with Crippen molar-refractivity contribution in [2.45, 2.75) is 31.4 Å². The first-order chi connectivity index (χ1) is 22.2. The molecule has 6 N–H and O–H groups in total. The third kappa shape index (κ3) is 8.00. The van der Waals surface area contributed by atoms with Gasteiger partial charge in [-0.05, 0) is 60.3 Å². The Kier molecular flexibility index (Phi) is 9.40. The molecule has 0 saturated carbocycles. The Balaban J connectivity index is 1.88. The van der Waals surface area contributed by atoms with Crippen molar-refractivity contribution in [2.75, 3.05) is 10.0 Å². The Morgan fingerprint density at radius 2 is 1.22 bits per heavy atom. The second-order valence-corrected chi connectivity index (χ2v) is 17.1. The van der Waals surface area contributed by atoms with Crippen LogP contribution in [0, 0.1) is 17.0 Å². The number of amides is 1. The highest BCUT2D eigenvalue weighted by atomic mass is 32.2. The first-order valence-electron chi connectivity index (χ1n) is 12.5. The molecule has 0 unspecified atom stereocenters. The van der Waals surface area contributed by atoms with Crippen LogP contribution >= 0.6 is 0 Å². The number of fused-ring (bicyclic) bond motifs is 1. The number of sulfonamides is 1. The first kappa shape index (κ1) is 37.2. The molecule has 0 aliphatic carbocycles. The van der Waals surface area contributed by atoms with Crippen molar-refractivity contribution in [2.24, 2.45) is 0 Å². The lowest BCUT2D eigenvalue weighted by Gasteiger charge is -2.17. The summed E-state index contributed by atoms with van der Waals surface area (Å²) in [6.45, 7) is 1.24. The van der Waals surface area contributed by atoms with Crippen molar-refractivity contribution in [3.63, 3.8) is 0 Å². The number of non-ortho nitro benzene ring substituents is 1. The van der Waals surface area contributed by atoms with Crippen molar-refractivity contribution in [3.05, 3.63) is 81.9 Å². The highest BCUT2D eigenvalue weighted by Gasteiger charge is 2.28. The predicted octanol–water partition coefficient (Wildman–Crippen LogP) is 2.10. The Labute approximate surface area is 276 Å². The van der Waals surface area contributed by atoms with Gasteiger partial charge in [-0.2, -0.15) is 33.7 Å². The average Bonchev–Trinajstić information content (AvgIpc) is 2.94. The fourth-order valence-corrected chi connectivity index (χ4v) is 8.36. The van der Waals surface area contributed by atoms with Gasteiger partial charge in [0.05, 0.1) is 30.9 Å². The second-order valence-electron chi connectivity index (χ2n) is 9.87. The number of nitro groups is 1. The molecule has 0 heterocycles. The topological polar surface area (TPSA) is 336 Å². The van der Waals surface area contributed by atoms with E-state index in [9.17, 15) is 75.2 Å². The third-order valence-corrected chi connectivity index (χ3v) is 11.5. The Morgan fingerprint density at radius 3 is 1.73 bits per heavy atom. The van der Waals surface area contributed by atoms with E-state index in [1.807, 2.05) is 4.72 Å². The lowest BCUT2D eigenvalue weighted by molar-refractivity contribution is -0.385. The highest BCUT2D eigenvalue weighted by molar-refractivity contribution is 7.93. The molecule has 4 aromatic carbocycles. The standard InChI is InChI=1S/C24H19N3O17S5/c1-12-2-3-14(25-24(28)18-5-4-15(27(29)30)9-21(18)48(39,40)41)8-20(12)45(31,32)26-19-10-16(46(33,34)35)6-13-7-17(47(36,37)38)11-22(23(13)19)49(42,43)44/h2-11,26H,1H3,(H,25,28)(H,33,34,35)(H,36,37,38)(H,39,40,41)(H,42,43,44). The van der Waals surface area contributed by atoms with Gasteiger partial charge in [-0.1, -0.05) is 6.07 Å². The maximum absolute atomic E-state index is 13.6. The maximum atomic E-state index is 13.6. The van der Waals surface area contributed by atoms with Crippen LogP contribution in [0.2, 0.25) is 0 Å². The SMILES string of the molecule is Cc1ccc(NC(=O)c2ccc([N+](=O)[O-])cc2S(=O)(=O)O)cc1S(=O)(=O)Nc1cc(S(=O)(=O)O)cc2cc(S(=O)(=O)O)cc(S(=O)(=O)O)c12. The number of nitro benzene ring substituents is 1. The number of nitrogens with zero attached hydrogens (tertiary/aromatic N) is 1. The monoisotopic (exact) mass is 781 g/mol. The molecular formula is C24H19N3O17S5. The van der Waals surface area contributed by atoms with Crippen molar-refractivity contribution < 1.29 is 70.0 Å². The minimum absolute atomic E-state index is 0.0710. The maximum Gasteiger partial charge on any atom is 0.295 e. The summed E-state index contributed by atoms with van der Waals surface area (Å²) in [5, 5.41) is 11.7. The lowest BCUT2D eigenvalue weighted by Crippen LogP contribution is -2.18. The molecule has 0 saturated heterocycles. The normalized spacial score (nSPS) is 12.8. The zero-order valence-electron chi connectivity index (χ0n) is 23.9. The number of hydrogen-bond acceptors (Lipinski definition) is 13. The molecule has 262 valence electrons. The average molecular weight is 782 g/mol. The van der Waals surface area contributed by atoms with Crippen molar-refractivity contribution in [1.29, 1.82) is 0 Å². The first-order valence-corrected chi connectivity index (χ1v) is 19.7. The minimum Gasteiger partial charge on any atom is -0.322 e. The van der Waals surface area contributed by atoms with Gasteiger partial charge < -0.3 is 5.32 Å². The predicted molar refractivity (Wildman–Crippen MR) is 166 cm³/mol. The van der Waals surface area contributed by atoms with Crippen LogP contribution in [0.4, 0.5) is 17.1 Å². The van der Waals surface area contributed by atoms with Crippen LogP contribution in [0.1, 0.15) is 15.9 Å². The number of aryl methyl sites for hydroxylation is 1. The molecule has 25 heteroatoms. The summed E-state index contributed by atoms with van der Waals surface area (Å²) in [7, 11) is -26.1. The number of carbonyl (C=O) groups excluding carboxylic acids is 1. The fraction of sp³-hybridized carbons (Fsp3) is 0.0417. The van der Waals surface area contributed by atoms with Gasteiger partial charge in [-0.3, -0.25) is 37.8 Å². The molecule has 0 aliphatic heterocycles. The summed E-state index contributed by atoms with van der Waals surface area (Å²) < 4.78 is 163. The molecule has 0 atom stereocenters. The largest absolute Gasteiger partial charge is 0.322 e. The zero-order chi connectivity index (χ0) is 37.1. The number of nitrogens with one attached hydrogen (secondary N) is 2. The van der Waals surface area contributed by atoms with Crippen molar-refractivity contribution in [3.8, 4) is 0 Å². The van der Waals surface area contributed by atoms with Gasteiger partial charge >= 0.3 is 0 Å². The van der Waals surface area contributed by atoms with E-state index in [1.165, 1.54) is 6.92 Å². The Hall–Kier alpha value is -4.60. The molecule has 4 aromatic rings. The van der Waals surface area contributed by atoms with E-state index in [4.69, 9.17) is 0 Å². The second kappa shape index (κ2) is 12.4. The van der Waals surface area contributed by atoms with Crippen LogP contribution < -0.4 is 10.0 Å². The van der Waals surface area contributed by atoms with E-state index < -0.39 is 114 Å². The molecule has 0 radical (unpaired) electrons. The number of anilines is 2. The quantitative estimate of drug-likeness (QED) is 0.0762. The van der Waals surface area contributed by atoms with E-state index in [0.717, 1.165) is 24.3 Å². The van der Waals surface area contributed by atoms with Gasteiger partial charge in [0.1, 0.15) is 9.79 Å². The molecule has 1 amide bonds. The molecule has 0 fully saturated rings. The third-order valence-electron chi connectivity index (χ3n) is 6.51. The van der Waals surface area contributed by atoms with Crippen molar-refractivity contribution >= 4 is 84.2 Å². The summed E-state index contributed by atoms with van der Waals surface area (Å²) in [5.41, 5.74) is -2.96. The van der Waals surface area contributed by atoms with Crippen LogP contribution in [0.15, 0.2) is 85.1 Å². The van der Waals surface area contributed by atoms with Gasteiger partial charge in [-0.25, -0.2) is 8.42 Å². The van der Waals surface area contributed by atoms with Crippen LogP contribution in [0.3, 0.4) is 0 Å². The van der Waals surface area contributed by atoms with Crippen LogP contribution in [0.5, 0.6) is 0 Å². The van der Waals surface area contributed by atoms with Crippen molar-refractivity contribution in [1.82, 2.24) is 0 Å². The van der Waals surface area contributed by atoms with E-state index in [2.05, 4.69) is 5.32 Å². The number of hydrogen-bond donors (Lipinski definition) is 6. The van der Waals surface area contributed by atoms with Crippen LogP contribution in [-0.4, -0.2) is 71.1 Å². The fourth-order valence-electron chi connectivity index (χ4n) is 4.40. The summed E-state index contributed by atoms with van der Waals surface area (Å²) in [5.74, 6) is -1.29. The van der Waals surface area contributed by atoms with Gasteiger partial charge in [0.15, 0.2) is 0 Å². The van der Waals surface area contributed by atoms with E-state index in [1.54, 1.807) is 0 Å². The smallest absolute Gasteiger partial charge is 0.295 e. The van der Waals surface area contributed by atoms with Crippen LogP contribution in [-0.2, 0) is 50.5 Å². The minimum atomic E-state index is -5.45. The van der Waals surface area contributed by atoms with E-state index in [0.29, 0.717) is 30.3 Å². The van der Waals surface area contributed by atoms with Gasteiger partial charge in [-0.15, -0.1) is 0 Å². The highest BCUT2D eigenvalue weighted by Crippen LogP contribution is 2.37.